The van der Waals surface area contributed by atoms with E-state index in [0.717, 1.165) is 29.5 Å². The van der Waals surface area contributed by atoms with Gasteiger partial charge in [-0.25, -0.2) is 9.37 Å². The van der Waals surface area contributed by atoms with E-state index in [9.17, 15) is 14.4 Å². The Labute approximate surface area is 189 Å². The highest BCUT2D eigenvalue weighted by atomic mass is 19.1. The van der Waals surface area contributed by atoms with Gasteiger partial charge in [0.1, 0.15) is 17.6 Å². The summed E-state index contributed by atoms with van der Waals surface area (Å²) in [4.78, 5) is 19.2. The molecule has 1 fully saturated rings. The molecule has 0 saturated heterocycles. The number of pyridine rings is 1. The van der Waals surface area contributed by atoms with Crippen molar-refractivity contribution < 1.29 is 13.9 Å². The summed E-state index contributed by atoms with van der Waals surface area (Å²) in [5, 5.41) is 16.3. The maximum atomic E-state index is 14.0. The first-order valence-corrected chi connectivity index (χ1v) is 10.6. The van der Waals surface area contributed by atoms with Crippen LogP contribution >= 0.6 is 0 Å². The van der Waals surface area contributed by atoms with Gasteiger partial charge in [0.05, 0.1) is 28.7 Å². The summed E-state index contributed by atoms with van der Waals surface area (Å²) in [6.45, 7) is 0.254. The monoisotopic (exact) mass is 441 g/mol. The Bertz CT molecular complexity index is 1400. The first kappa shape index (κ1) is 20.6. The summed E-state index contributed by atoms with van der Waals surface area (Å²) in [6.07, 6.45) is 3.41. The third-order valence-corrected chi connectivity index (χ3v) is 5.59. The maximum absolute atomic E-state index is 14.0. The number of aromatic nitrogens is 3. The number of benzene rings is 2. The number of nitriles is 1. The third kappa shape index (κ3) is 4.13. The highest BCUT2D eigenvalue weighted by Crippen LogP contribution is 2.34. The highest BCUT2D eigenvalue weighted by Gasteiger charge is 2.27. The van der Waals surface area contributed by atoms with E-state index in [1.54, 1.807) is 43.4 Å². The SMILES string of the molecule is CN(Cc1ccc(F)c2cn[nH]c12)C(=O)c1ccc(-c2cccc(C#N)c2)c(OC2CC2)n1. The summed E-state index contributed by atoms with van der Waals surface area (Å²) in [5.41, 5.74) is 3.63. The lowest BCUT2D eigenvalue weighted by Crippen LogP contribution is -2.27. The van der Waals surface area contributed by atoms with Crippen molar-refractivity contribution >= 4 is 16.8 Å². The molecule has 1 aliphatic rings. The molecule has 1 saturated carbocycles. The minimum Gasteiger partial charge on any atom is -0.474 e. The fourth-order valence-electron chi connectivity index (χ4n) is 3.68. The Balaban J connectivity index is 1.44. The molecule has 0 unspecified atom stereocenters. The number of ether oxygens (including phenoxy) is 1. The number of carbonyl (C=O) groups excluding carboxylic acids is 1. The van der Waals surface area contributed by atoms with Crippen LogP contribution in [0.5, 0.6) is 5.88 Å². The van der Waals surface area contributed by atoms with Crippen LogP contribution in [0.4, 0.5) is 4.39 Å². The molecule has 0 spiro atoms. The van der Waals surface area contributed by atoms with Gasteiger partial charge in [-0.15, -0.1) is 0 Å². The second-order valence-electron chi connectivity index (χ2n) is 8.09. The number of aromatic amines is 1. The van der Waals surface area contributed by atoms with E-state index in [2.05, 4.69) is 21.3 Å². The number of carbonyl (C=O) groups is 1. The maximum Gasteiger partial charge on any atom is 0.272 e. The summed E-state index contributed by atoms with van der Waals surface area (Å²) in [7, 11) is 1.67. The smallest absolute Gasteiger partial charge is 0.272 e. The standard InChI is InChI=1S/C25H20FN5O2/c1-31(14-17-5-9-21(26)20-13-28-30-23(17)20)25(32)22-10-8-19(24(29-22)33-18-6-7-18)16-4-2-3-15(11-16)12-27/h2-5,8-11,13,18H,6-7,14H2,1H3,(H,28,30). The van der Waals surface area contributed by atoms with Crippen LogP contribution in [-0.2, 0) is 6.54 Å². The van der Waals surface area contributed by atoms with Crippen molar-refractivity contribution in [2.45, 2.75) is 25.5 Å². The van der Waals surface area contributed by atoms with Crippen molar-refractivity contribution in [3.8, 4) is 23.1 Å². The normalized spacial score (nSPS) is 13.0. The van der Waals surface area contributed by atoms with Crippen LogP contribution in [0.25, 0.3) is 22.0 Å². The van der Waals surface area contributed by atoms with Crippen LogP contribution in [0, 0.1) is 17.1 Å². The number of hydrogen-bond acceptors (Lipinski definition) is 5. The molecule has 2 aromatic carbocycles. The zero-order valence-corrected chi connectivity index (χ0v) is 17.9. The lowest BCUT2D eigenvalue weighted by atomic mass is 10.0. The molecule has 7 nitrogen and oxygen atoms in total. The van der Waals surface area contributed by atoms with Crippen molar-refractivity contribution in [1.82, 2.24) is 20.1 Å². The van der Waals surface area contributed by atoms with Gasteiger partial charge < -0.3 is 9.64 Å². The average Bonchev–Trinajstić information content (AvgIpc) is 3.50. The summed E-state index contributed by atoms with van der Waals surface area (Å²) in [5.74, 6) is -0.273. The Morgan fingerprint density at radius 2 is 2.12 bits per heavy atom. The van der Waals surface area contributed by atoms with E-state index in [-0.39, 0.29) is 30.1 Å². The molecular formula is C25H20FN5O2. The van der Waals surface area contributed by atoms with Crippen LogP contribution in [0.15, 0.2) is 54.7 Å². The Hall–Kier alpha value is -4.25. The van der Waals surface area contributed by atoms with E-state index >= 15 is 0 Å². The molecule has 0 bridgehead atoms. The van der Waals surface area contributed by atoms with E-state index in [0.29, 0.717) is 22.3 Å². The van der Waals surface area contributed by atoms with Gasteiger partial charge in [0.15, 0.2) is 0 Å². The molecule has 33 heavy (non-hydrogen) atoms. The predicted octanol–water partition coefficient (Wildman–Crippen LogP) is 4.45. The zero-order chi connectivity index (χ0) is 22.9. The number of amides is 1. The number of nitrogens with one attached hydrogen (secondary N) is 1. The van der Waals surface area contributed by atoms with Gasteiger partial charge >= 0.3 is 0 Å². The molecule has 1 amide bonds. The number of fused-ring (bicyclic) bond motifs is 1. The van der Waals surface area contributed by atoms with Crippen LogP contribution in [0.1, 0.15) is 34.5 Å². The van der Waals surface area contributed by atoms with Gasteiger partial charge in [0.2, 0.25) is 5.88 Å². The average molecular weight is 441 g/mol. The van der Waals surface area contributed by atoms with Crippen molar-refractivity contribution in [3.05, 3.63) is 77.4 Å². The van der Waals surface area contributed by atoms with Crippen LogP contribution < -0.4 is 4.74 Å². The second kappa shape index (κ2) is 8.36. The Morgan fingerprint density at radius 1 is 1.27 bits per heavy atom. The summed E-state index contributed by atoms with van der Waals surface area (Å²) < 4.78 is 20.0. The van der Waals surface area contributed by atoms with E-state index in [1.165, 1.54) is 17.2 Å². The molecule has 1 N–H and O–H groups in total. The molecule has 4 aromatic rings. The van der Waals surface area contributed by atoms with Crippen LogP contribution in [-0.4, -0.2) is 39.1 Å². The van der Waals surface area contributed by atoms with Gasteiger partial charge in [-0.05, 0) is 54.3 Å². The largest absolute Gasteiger partial charge is 0.474 e. The molecule has 0 aliphatic heterocycles. The number of hydrogen-bond donors (Lipinski definition) is 1. The summed E-state index contributed by atoms with van der Waals surface area (Å²) in [6, 6.07) is 15.8. The van der Waals surface area contributed by atoms with Gasteiger partial charge in [-0.3, -0.25) is 9.89 Å². The third-order valence-electron chi connectivity index (χ3n) is 5.59. The molecule has 164 valence electrons. The van der Waals surface area contributed by atoms with Crippen molar-refractivity contribution in [2.75, 3.05) is 7.05 Å². The second-order valence-corrected chi connectivity index (χ2v) is 8.09. The fraction of sp³-hybridized carbons (Fsp3) is 0.200. The van der Waals surface area contributed by atoms with E-state index < -0.39 is 0 Å². The predicted molar refractivity (Wildman–Crippen MR) is 120 cm³/mol. The highest BCUT2D eigenvalue weighted by molar-refractivity contribution is 5.93. The first-order chi connectivity index (χ1) is 16.0. The number of halogens is 1. The zero-order valence-electron chi connectivity index (χ0n) is 17.9. The number of H-pyrrole nitrogens is 1. The van der Waals surface area contributed by atoms with Crippen molar-refractivity contribution in [3.63, 3.8) is 0 Å². The lowest BCUT2D eigenvalue weighted by Gasteiger charge is -2.18. The Kier molecular flexibility index (Phi) is 5.23. The van der Waals surface area contributed by atoms with E-state index in [1.807, 2.05) is 6.07 Å². The van der Waals surface area contributed by atoms with Crippen LogP contribution in [0.2, 0.25) is 0 Å². The van der Waals surface area contributed by atoms with E-state index in [4.69, 9.17) is 4.74 Å². The molecule has 2 aromatic heterocycles. The first-order valence-electron chi connectivity index (χ1n) is 10.6. The molecule has 2 heterocycles. The minimum absolute atomic E-state index is 0.0892. The topological polar surface area (TPSA) is 94.9 Å². The minimum atomic E-state index is -0.365. The van der Waals surface area contributed by atoms with Gasteiger partial charge in [0.25, 0.3) is 5.91 Å². The number of rotatable bonds is 6. The Morgan fingerprint density at radius 3 is 2.91 bits per heavy atom. The van der Waals surface area contributed by atoms with Crippen molar-refractivity contribution in [2.24, 2.45) is 0 Å². The molecular weight excluding hydrogens is 421 g/mol. The molecule has 1 aliphatic carbocycles. The fourth-order valence-corrected chi connectivity index (χ4v) is 3.68. The van der Waals surface area contributed by atoms with Gasteiger partial charge in [0, 0.05) is 19.2 Å². The van der Waals surface area contributed by atoms with Crippen molar-refractivity contribution in [1.29, 1.82) is 5.26 Å². The summed E-state index contributed by atoms with van der Waals surface area (Å²) >= 11 is 0. The number of nitrogens with zero attached hydrogens (tertiary/aromatic N) is 4. The molecule has 5 rings (SSSR count). The quantitative estimate of drug-likeness (QED) is 0.477. The molecule has 0 radical (unpaired) electrons. The van der Waals surface area contributed by atoms with Gasteiger partial charge in [-0.2, -0.15) is 10.4 Å². The lowest BCUT2D eigenvalue weighted by molar-refractivity contribution is 0.0778. The molecule has 0 atom stereocenters. The molecule has 8 heteroatoms. The van der Waals surface area contributed by atoms with Gasteiger partial charge in [-0.1, -0.05) is 18.2 Å². The van der Waals surface area contributed by atoms with Crippen LogP contribution in [0.3, 0.4) is 0 Å².